The summed E-state index contributed by atoms with van der Waals surface area (Å²) in [7, 11) is 0. The van der Waals surface area contributed by atoms with Crippen molar-refractivity contribution in [3.8, 4) is 0 Å². The summed E-state index contributed by atoms with van der Waals surface area (Å²) in [5.74, 6) is -0.0644. The molecule has 1 aromatic carbocycles. The van der Waals surface area contributed by atoms with Crippen LogP contribution in [0.1, 0.15) is 32.3 Å². The molecule has 1 rings (SSSR count). The summed E-state index contributed by atoms with van der Waals surface area (Å²) in [4.78, 5) is 11.5. The van der Waals surface area contributed by atoms with Gasteiger partial charge in [0.25, 0.3) is 0 Å². The molecule has 0 amide bonds. The number of hydrogen-bond donors (Lipinski definition) is 0. The Kier molecular flexibility index (Phi) is 7.15. The molecule has 0 saturated heterocycles. The number of carbonyl (C=O) groups is 1. The molecule has 0 bridgehead atoms. The number of hydrogen-bond acceptors (Lipinski definition) is 1. The maximum absolute atomic E-state index is 11.5. The molecule has 0 heterocycles. The number of benzene rings is 1. The van der Waals surface area contributed by atoms with E-state index in [0.29, 0.717) is 11.4 Å². The average Bonchev–Trinajstić information content (AvgIpc) is 2.38. The van der Waals surface area contributed by atoms with Gasteiger partial charge < -0.3 is 0 Å². The lowest BCUT2D eigenvalue weighted by Crippen LogP contribution is -2.32. The summed E-state index contributed by atoms with van der Waals surface area (Å²) in [6, 6.07) is 6.98. The minimum atomic E-state index is -1.14. The Bertz CT molecular complexity index is 481. The second kappa shape index (κ2) is 7.75. The Labute approximate surface area is 150 Å². The molecular formula is C15H17Cl5O. The molecule has 21 heavy (non-hydrogen) atoms. The molecule has 0 aromatic heterocycles. The van der Waals surface area contributed by atoms with Crippen LogP contribution >= 0.6 is 58.0 Å². The van der Waals surface area contributed by atoms with Crippen LogP contribution in [0.4, 0.5) is 0 Å². The van der Waals surface area contributed by atoms with Gasteiger partial charge in [0.2, 0.25) is 0 Å². The third kappa shape index (κ3) is 5.80. The van der Waals surface area contributed by atoms with Crippen molar-refractivity contribution in [3.63, 3.8) is 0 Å². The summed E-state index contributed by atoms with van der Waals surface area (Å²) in [6.07, 6.45) is 0.594. The molecule has 1 nitrogen and oxygen atoms in total. The van der Waals surface area contributed by atoms with Crippen LogP contribution in [-0.4, -0.2) is 17.0 Å². The lowest BCUT2D eigenvalue weighted by atomic mass is 9.81. The number of alkyl halides is 4. The number of Topliss-reactive ketones (excluding diaryl/α,β-unsaturated/α-hetero) is 1. The van der Waals surface area contributed by atoms with E-state index in [-0.39, 0.29) is 23.5 Å². The van der Waals surface area contributed by atoms with E-state index in [9.17, 15) is 4.79 Å². The molecule has 1 unspecified atom stereocenters. The quantitative estimate of drug-likeness (QED) is 0.507. The Balaban J connectivity index is 2.82. The van der Waals surface area contributed by atoms with Crippen LogP contribution in [0.3, 0.4) is 0 Å². The first-order chi connectivity index (χ1) is 9.58. The van der Waals surface area contributed by atoms with E-state index in [4.69, 9.17) is 58.0 Å². The Morgan fingerprint density at radius 1 is 1.19 bits per heavy atom. The first-order valence-corrected chi connectivity index (χ1v) is 8.54. The van der Waals surface area contributed by atoms with Crippen molar-refractivity contribution in [2.45, 2.75) is 36.4 Å². The van der Waals surface area contributed by atoms with Gasteiger partial charge in [-0.1, -0.05) is 60.8 Å². The van der Waals surface area contributed by atoms with Gasteiger partial charge in [-0.2, -0.15) is 0 Å². The van der Waals surface area contributed by atoms with Gasteiger partial charge in [-0.3, -0.25) is 4.79 Å². The minimum Gasteiger partial charge on any atom is -0.298 e. The van der Waals surface area contributed by atoms with Crippen LogP contribution < -0.4 is 0 Å². The fourth-order valence-corrected chi connectivity index (χ4v) is 3.23. The molecule has 0 fully saturated rings. The molecule has 1 atom stereocenters. The normalized spacial score (nSPS) is 14.0. The van der Waals surface area contributed by atoms with E-state index in [0.717, 1.165) is 5.56 Å². The second-order valence-electron chi connectivity index (χ2n) is 5.72. The molecule has 118 valence electrons. The number of rotatable bonds is 7. The van der Waals surface area contributed by atoms with Gasteiger partial charge in [-0.05, 0) is 23.1 Å². The molecule has 6 heteroatoms. The van der Waals surface area contributed by atoms with Crippen LogP contribution in [0.25, 0.3) is 0 Å². The maximum Gasteiger partial charge on any atom is 0.148 e. The van der Waals surface area contributed by atoms with E-state index in [1.807, 2.05) is 13.8 Å². The molecule has 1 aromatic rings. The summed E-state index contributed by atoms with van der Waals surface area (Å²) in [5.41, 5.74) is 0.273. The first-order valence-electron chi connectivity index (χ1n) is 6.44. The molecule has 0 spiro atoms. The van der Waals surface area contributed by atoms with Crippen LogP contribution in [-0.2, 0) is 9.13 Å². The van der Waals surface area contributed by atoms with E-state index >= 15 is 0 Å². The smallest absolute Gasteiger partial charge is 0.148 e. The van der Waals surface area contributed by atoms with Gasteiger partial charge in [0.05, 0.1) is 5.88 Å². The summed E-state index contributed by atoms with van der Waals surface area (Å²) in [5, 5.41) is 0.230. The highest BCUT2D eigenvalue weighted by Crippen LogP contribution is 2.44. The summed E-state index contributed by atoms with van der Waals surface area (Å²) >= 11 is 30.7. The molecule has 0 radical (unpaired) electrons. The third-order valence-corrected chi connectivity index (χ3v) is 5.39. The van der Waals surface area contributed by atoms with Crippen molar-refractivity contribution < 1.29 is 4.79 Å². The maximum atomic E-state index is 11.5. The highest BCUT2D eigenvalue weighted by Gasteiger charge is 2.37. The van der Waals surface area contributed by atoms with Crippen LogP contribution in [0.5, 0.6) is 0 Å². The Hall–Kier alpha value is 0.340. The van der Waals surface area contributed by atoms with Crippen molar-refractivity contribution in [1.29, 1.82) is 0 Å². The topological polar surface area (TPSA) is 17.1 Å². The minimum absolute atomic E-state index is 0.0167. The van der Waals surface area contributed by atoms with Crippen LogP contribution in [0.15, 0.2) is 24.3 Å². The van der Waals surface area contributed by atoms with Gasteiger partial charge in [0.1, 0.15) is 10.1 Å². The highest BCUT2D eigenvalue weighted by atomic mass is 35.5. The number of halogens is 5. The number of ketones is 1. The largest absolute Gasteiger partial charge is 0.298 e. The summed E-state index contributed by atoms with van der Waals surface area (Å²) in [6.45, 7) is 3.81. The van der Waals surface area contributed by atoms with Crippen LogP contribution in [0, 0.1) is 5.41 Å². The zero-order valence-electron chi connectivity index (χ0n) is 11.8. The van der Waals surface area contributed by atoms with Crippen molar-refractivity contribution in [3.05, 3.63) is 34.9 Å². The Morgan fingerprint density at radius 2 is 1.71 bits per heavy atom. The lowest BCUT2D eigenvalue weighted by Gasteiger charge is -2.33. The van der Waals surface area contributed by atoms with Crippen molar-refractivity contribution in [2.75, 3.05) is 5.88 Å². The first kappa shape index (κ1) is 19.4. The van der Waals surface area contributed by atoms with Crippen molar-refractivity contribution in [2.24, 2.45) is 5.41 Å². The zero-order chi connectivity index (χ0) is 16.3. The number of carbonyl (C=O) groups excluding carboxylic acids is 1. The average molecular weight is 391 g/mol. The van der Waals surface area contributed by atoms with Crippen molar-refractivity contribution in [1.82, 2.24) is 0 Å². The highest BCUT2D eigenvalue weighted by molar-refractivity contribution is 6.48. The molecule has 0 aliphatic carbocycles. The fourth-order valence-electron chi connectivity index (χ4n) is 1.98. The van der Waals surface area contributed by atoms with Crippen molar-refractivity contribution >= 4 is 63.8 Å². The van der Waals surface area contributed by atoms with E-state index in [2.05, 4.69) is 0 Å². The van der Waals surface area contributed by atoms with Gasteiger partial charge >= 0.3 is 0 Å². The third-order valence-electron chi connectivity index (χ3n) is 3.35. The molecule has 0 aliphatic heterocycles. The molecular weight excluding hydrogens is 373 g/mol. The van der Waals surface area contributed by atoms with E-state index in [1.54, 1.807) is 24.3 Å². The Morgan fingerprint density at radius 3 is 2.19 bits per heavy atom. The van der Waals surface area contributed by atoms with Gasteiger partial charge in [0.15, 0.2) is 0 Å². The SMILES string of the molecule is CC(C)(CC(=O)CCl)C(Cl)CC(Cl)(Cl)c1ccc(Cl)cc1. The predicted molar refractivity (Wildman–Crippen MR) is 93.2 cm³/mol. The predicted octanol–water partition coefficient (Wildman–Crippen LogP) is 6.19. The zero-order valence-corrected chi connectivity index (χ0v) is 15.6. The monoisotopic (exact) mass is 388 g/mol. The van der Waals surface area contributed by atoms with Gasteiger partial charge in [0, 0.05) is 23.2 Å². The molecule has 0 aliphatic rings. The second-order valence-corrected chi connectivity index (χ2v) is 8.44. The van der Waals surface area contributed by atoms with E-state index < -0.39 is 9.75 Å². The van der Waals surface area contributed by atoms with Crippen LogP contribution in [0.2, 0.25) is 5.02 Å². The van der Waals surface area contributed by atoms with Gasteiger partial charge in [-0.15, -0.1) is 23.2 Å². The standard InChI is InChI=1S/C15H17Cl5O/c1-14(2,7-12(21)9-16)13(18)8-15(19,20)10-3-5-11(17)6-4-10/h3-6,13H,7-9H2,1-2H3. The summed E-state index contributed by atoms with van der Waals surface area (Å²) < 4.78 is -1.14. The van der Waals surface area contributed by atoms with E-state index in [1.165, 1.54) is 0 Å². The molecule has 0 saturated carbocycles. The lowest BCUT2D eigenvalue weighted by molar-refractivity contribution is -0.118. The van der Waals surface area contributed by atoms with Gasteiger partial charge in [-0.25, -0.2) is 0 Å². The molecule has 0 N–H and O–H groups in total. The fraction of sp³-hybridized carbons (Fsp3) is 0.533.